The van der Waals surface area contributed by atoms with Crippen molar-refractivity contribution < 1.29 is 22.2 Å². The lowest BCUT2D eigenvalue weighted by atomic mass is 10.2. The molecule has 1 aliphatic rings. The van der Waals surface area contributed by atoms with Crippen molar-refractivity contribution in [1.82, 2.24) is 14.4 Å². The molecular weight excluding hydrogens is 432 g/mol. The molecule has 3 aromatic rings. The average Bonchev–Trinajstić information content (AvgIpc) is 3.39. The molecule has 0 aliphatic carbocycles. The summed E-state index contributed by atoms with van der Waals surface area (Å²) in [6.07, 6.45) is 5.71. The Morgan fingerprint density at radius 1 is 1.16 bits per heavy atom. The van der Waals surface area contributed by atoms with Crippen LogP contribution in [-0.4, -0.2) is 41.9 Å². The maximum absolute atomic E-state index is 13.2. The third-order valence-corrected chi connectivity index (χ3v) is 7.47. The van der Waals surface area contributed by atoms with Crippen LogP contribution >= 0.6 is 0 Å². The maximum Gasteiger partial charge on any atom is 0.243 e. The Kier molecular flexibility index (Phi) is 6.71. The highest BCUT2D eigenvalue weighted by Crippen LogP contribution is 2.26. The molecule has 2 aromatic heterocycles. The number of hydrogen-bond acceptors (Lipinski definition) is 7. The van der Waals surface area contributed by atoms with Gasteiger partial charge in [0, 0.05) is 31.6 Å². The zero-order valence-corrected chi connectivity index (χ0v) is 18.7. The van der Waals surface area contributed by atoms with Gasteiger partial charge in [-0.2, -0.15) is 9.29 Å². The summed E-state index contributed by atoms with van der Waals surface area (Å²) in [7, 11) is -3.61. The Hall–Kier alpha value is -2.98. The number of amides is 1. The minimum atomic E-state index is -3.61. The van der Waals surface area contributed by atoms with E-state index in [-0.39, 0.29) is 23.6 Å². The molecule has 0 bridgehead atoms. The van der Waals surface area contributed by atoms with Crippen molar-refractivity contribution >= 4 is 21.6 Å². The molecule has 0 unspecified atom stereocenters. The summed E-state index contributed by atoms with van der Waals surface area (Å²) in [5, 5.41) is 6.61. The summed E-state index contributed by atoms with van der Waals surface area (Å²) in [6, 6.07) is 8.40. The van der Waals surface area contributed by atoms with Gasteiger partial charge in [-0.1, -0.05) is 24.1 Å². The number of furan rings is 1. The molecular formula is C22H26N4O5S. The summed E-state index contributed by atoms with van der Waals surface area (Å²) >= 11 is 0. The van der Waals surface area contributed by atoms with Crippen LogP contribution in [0.15, 0.2) is 50.4 Å². The van der Waals surface area contributed by atoms with Crippen LogP contribution in [0.4, 0.5) is 5.69 Å². The number of sulfonamides is 1. The Bertz CT molecular complexity index is 1160. The first kappa shape index (κ1) is 22.2. The van der Waals surface area contributed by atoms with Crippen LogP contribution in [0.1, 0.15) is 43.6 Å². The Morgan fingerprint density at radius 2 is 1.94 bits per heavy atom. The molecule has 0 atom stereocenters. The largest absolute Gasteiger partial charge is 0.461 e. The second-order valence-electron chi connectivity index (χ2n) is 7.84. The third-order valence-electron chi connectivity index (χ3n) is 5.43. The monoisotopic (exact) mass is 458 g/mol. The number of aryl methyl sites for hydroxylation is 2. The number of hydrogen-bond donors (Lipinski definition) is 1. The van der Waals surface area contributed by atoms with Crippen LogP contribution in [0.5, 0.6) is 0 Å². The molecule has 10 heteroatoms. The van der Waals surface area contributed by atoms with Crippen molar-refractivity contribution in [3.05, 3.63) is 48.0 Å². The topological polar surface area (TPSA) is 119 Å². The van der Waals surface area contributed by atoms with E-state index in [1.165, 1.54) is 12.3 Å². The minimum Gasteiger partial charge on any atom is -0.461 e. The molecule has 0 radical (unpaired) electrons. The van der Waals surface area contributed by atoms with E-state index in [1.54, 1.807) is 35.5 Å². The van der Waals surface area contributed by atoms with E-state index in [0.717, 1.165) is 25.7 Å². The highest BCUT2D eigenvalue weighted by Gasteiger charge is 2.27. The number of anilines is 1. The van der Waals surface area contributed by atoms with Gasteiger partial charge in [0.1, 0.15) is 0 Å². The smallest absolute Gasteiger partial charge is 0.243 e. The molecule has 170 valence electrons. The van der Waals surface area contributed by atoms with Crippen molar-refractivity contribution in [2.75, 3.05) is 18.4 Å². The van der Waals surface area contributed by atoms with Gasteiger partial charge in [-0.3, -0.25) is 4.79 Å². The SMILES string of the molecule is Cc1ccc(NC(=O)CCc2nc(-c3ccco3)no2)cc1S(=O)(=O)N1CCCCCC1. The number of rotatable bonds is 7. The summed E-state index contributed by atoms with van der Waals surface area (Å²) in [6.45, 7) is 2.83. The Balaban J connectivity index is 1.40. The minimum absolute atomic E-state index is 0.113. The van der Waals surface area contributed by atoms with E-state index >= 15 is 0 Å². The number of nitrogens with zero attached hydrogens (tertiary/aromatic N) is 3. The van der Waals surface area contributed by atoms with Gasteiger partial charge in [-0.05, 0) is 49.6 Å². The molecule has 1 aliphatic heterocycles. The normalized spacial score (nSPS) is 15.4. The first-order valence-corrected chi connectivity index (χ1v) is 12.1. The predicted molar refractivity (Wildman–Crippen MR) is 117 cm³/mol. The zero-order valence-electron chi connectivity index (χ0n) is 17.9. The molecule has 32 heavy (non-hydrogen) atoms. The Morgan fingerprint density at radius 3 is 2.66 bits per heavy atom. The summed E-state index contributed by atoms with van der Waals surface area (Å²) in [5.74, 6) is 0.860. The molecule has 0 saturated carbocycles. The van der Waals surface area contributed by atoms with Crippen LogP contribution in [-0.2, 0) is 21.2 Å². The number of carbonyl (C=O) groups excluding carboxylic acids is 1. The van der Waals surface area contributed by atoms with Gasteiger partial charge in [0.2, 0.25) is 27.6 Å². The number of benzene rings is 1. The van der Waals surface area contributed by atoms with Gasteiger partial charge in [-0.15, -0.1) is 0 Å². The highest BCUT2D eigenvalue weighted by atomic mass is 32.2. The lowest BCUT2D eigenvalue weighted by molar-refractivity contribution is -0.116. The Labute approximate surface area is 186 Å². The van der Waals surface area contributed by atoms with Gasteiger partial charge < -0.3 is 14.3 Å². The van der Waals surface area contributed by atoms with Crippen molar-refractivity contribution in [2.45, 2.75) is 50.3 Å². The molecule has 1 aromatic carbocycles. The van der Waals surface area contributed by atoms with Gasteiger partial charge in [-0.25, -0.2) is 8.42 Å². The lowest BCUT2D eigenvalue weighted by Crippen LogP contribution is -2.32. The summed E-state index contributed by atoms with van der Waals surface area (Å²) in [4.78, 5) is 16.9. The number of carbonyl (C=O) groups is 1. The second-order valence-corrected chi connectivity index (χ2v) is 9.74. The van der Waals surface area contributed by atoms with Crippen molar-refractivity contribution in [2.24, 2.45) is 0 Å². The van der Waals surface area contributed by atoms with E-state index < -0.39 is 10.0 Å². The first-order chi connectivity index (χ1) is 15.4. The number of nitrogens with one attached hydrogen (secondary N) is 1. The van der Waals surface area contributed by atoms with Crippen LogP contribution in [0.3, 0.4) is 0 Å². The van der Waals surface area contributed by atoms with E-state index in [9.17, 15) is 13.2 Å². The van der Waals surface area contributed by atoms with Gasteiger partial charge in [0.05, 0.1) is 11.2 Å². The fraction of sp³-hybridized carbons (Fsp3) is 0.409. The highest BCUT2D eigenvalue weighted by molar-refractivity contribution is 7.89. The number of aromatic nitrogens is 2. The molecule has 1 saturated heterocycles. The molecule has 3 heterocycles. The molecule has 4 rings (SSSR count). The van der Waals surface area contributed by atoms with E-state index in [2.05, 4.69) is 15.5 Å². The second kappa shape index (κ2) is 9.66. The van der Waals surface area contributed by atoms with E-state index in [0.29, 0.717) is 41.8 Å². The van der Waals surface area contributed by atoms with Gasteiger partial charge >= 0.3 is 0 Å². The van der Waals surface area contributed by atoms with Crippen LogP contribution in [0.25, 0.3) is 11.6 Å². The van der Waals surface area contributed by atoms with E-state index in [4.69, 9.17) is 8.94 Å². The molecule has 1 fully saturated rings. The lowest BCUT2D eigenvalue weighted by Gasteiger charge is -2.21. The molecule has 1 N–H and O–H groups in total. The van der Waals surface area contributed by atoms with Crippen molar-refractivity contribution in [1.29, 1.82) is 0 Å². The fourth-order valence-electron chi connectivity index (χ4n) is 3.68. The van der Waals surface area contributed by atoms with Gasteiger partial charge in [0.15, 0.2) is 5.76 Å². The predicted octanol–water partition coefficient (Wildman–Crippen LogP) is 3.77. The van der Waals surface area contributed by atoms with Crippen LogP contribution in [0.2, 0.25) is 0 Å². The standard InChI is InChI=1S/C22H26N4O5S/c1-16-8-9-17(15-19(16)32(28,29)26-12-4-2-3-5-13-26)23-20(27)10-11-21-24-22(25-31-21)18-7-6-14-30-18/h6-9,14-15H,2-5,10-13H2,1H3,(H,23,27). The summed E-state index contributed by atoms with van der Waals surface area (Å²) < 4.78 is 38.3. The average molecular weight is 459 g/mol. The fourth-order valence-corrected chi connectivity index (χ4v) is 5.45. The zero-order chi connectivity index (χ0) is 22.6. The van der Waals surface area contributed by atoms with Gasteiger partial charge in [0.25, 0.3) is 0 Å². The van der Waals surface area contributed by atoms with Crippen LogP contribution in [0, 0.1) is 6.92 Å². The quantitative estimate of drug-likeness (QED) is 0.572. The molecule has 1 amide bonds. The molecule has 0 spiro atoms. The van der Waals surface area contributed by atoms with Crippen molar-refractivity contribution in [3.8, 4) is 11.6 Å². The van der Waals surface area contributed by atoms with E-state index in [1.807, 2.05) is 0 Å². The van der Waals surface area contributed by atoms with Crippen molar-refractivity contribution in [3.63, 3.8) is 0 Å². The van der Waals surface area contributed by atoms with Crippen LogP contribution < -0.4 is 5.32 Å². The maximum atomic E-state index is 13.2. The third kappa shape index (κ3) is 5.08. The first-order valence-electron chi connectivity index (χ1n) is 10.7. The summed E-state index contributed by atoms with van der Waals surface area (Å²) in [5.41, 5.74) is 1.10. The molecule has 9 nitrogen and oxygen atoms in total.